The van der Waals surface area contributed by atoms with E-state index in [1.807, 2.05) is 18.2 Å². The quantitative estimate of drug-likeness (QED) is 0.742. The van der Waals surface area contributed by atoms with E-state index in [1.165, 1.54) is 11.1 Å². The van der Waals surface area contributed by atoms with Gasteiger partial charge in [-0.2, -0.15) is 0 Å². The predicted octanol–water partition coefficient (Wildman–Crippen LogP) is 3.96. The van der Waals surface area contributed by atoms with Crippen LogP contribution in [-0.4, -0.2) is 29.3 Å². The first-order valence-electron chi connectivity index (χ1n) is 9.32. The van der Waals surface area contributed by atoms with Crippen molar-refractivity contribution in [2.45, 2.75) is 45.2 Å². The van der Waals surface area contributed by atoms with Gasteiger partial charge in [0.2, 0.25) is 0 Å². The molecule has 26 heavy (non-hydrogen) atoms. The Balaban J connectivity index is 1.53. The predicted molar refractivity (Wildman–Crippen MR) is 102 cm³/mol. The second-order valence-corrected chi connectivity index (χ2v) is 7.60. The molecule has 0 radical (unpaired) electrons. The summed E-state index contributed by atoms with van der Waals surface area (Å²) >= 11 is 0. The number of benzene rings is 2. The third kappa shape index (κ3) is 3.17. The number of hydrogen-bond donors (Lipinski definition) is 0. The van der Waals surface area contributed by atoms with Gasteiger partial charge in [-0.3, -0.25) is 19.4 Å². The summed E-state index contributed by atoms with van der Waals surface area (Å²) < 4.78 is 0. The standard InChI is InChI=1S/C22H24N2O2/c1-15(2)17-9-7-16(8-10-17)13-23(18-11-12-18)14-24-20-6-4-3-5-19(20)21(25)22(24)26/h3-10,15,18H,11-14H2,1-2H3. The van der Waals surface area contributed by atoms with Crippen molar-refractivity contribution < 1.29 is 9.59 Å². The molecule has 1 saturated carbocycles. The number of hydrogen-bond acceptors (Lipinski definition) is 3. The van der Waals surface area contributed by atoms with Crippen LogP contribution in [0, 0.1) is 0 Å². The Bertz CT molecular complexity index is 837. The largest absolute Gasteiger partial charge is 0.300 e. The second-order valence-electron chi connectivity index (χ2n) is 7.60. The van der Waals surface area contributed by atoms with Gasteiger partial charge in [0.25, 0.3) is 5.78 Å². The van der Waals surface area contributed by atoms with Crippen LogP contribution < -0.4 is 4.90 Å². The highest BCUT2D eigenvalue weighted by Gasteiger charge is 2.38. The third-order valence-corrected chi connectivity index (χ3v) is 5.30. The van der Waals surface area contributed by atoms with E-state index >= 15 is 0 Å². The Morgan fingerprint density at radius 1 is 1.04 bits per heavy atom. The van der Waals surface area contributed by atoms with Gasteiger partial charge in [-0.05, 0) is 42.0 Å². The van der Waals surface area contributed by atoms with Crippen molar-refractivity contribution in [2.24, 2.45) is 0 Å². The molecule has 2 aliphatic rings. The van der Waals surface area contributed by atoms with Crippen molar-refractivity contribution in [3.8, 4) is 0 Å². The fourth-order valence-corrected chi connectivity index (χ4v) is 3.55. The van der Waals surface area contributed by atoms with E-state index in [9.17, 15) is 9.59 Å². The Hall–Kier alpha value is -2.46. The molecule has 1 fully saturated rings. The maximum atomic E-state index is 12.5. The number of amides is 1. The molecule has 2 aromatic rings. The maximum absolute atomic E-state index is 12.5. The molecule has 4 heteroatoms. The Morgan fingerprint density at radius 2 is 1.73 bits per heavy atom. The van der Waals surface area contributed by atoms with Crippen molar-refractivity contribution in [1.29, 1.82) is 0 Å². The van der Waals surface area contributed by atoms with Gasteiger partial charge in [0.05, 0.1) is 17.9 Å². The van der Waals surface area contributed by atoms with E-state index in [0.717, 1.165) is 25.1 Å². The molecule has 4 rings (SSSR count). The lowest BCUT2D eigenvalue weighted by atomic mass is 10.0. The molecule has 0 N–H and O–H groups in total. The fraction of sp³-hybridized carbons (Fsp3) is 0.364. The maximum Gasteiger partial charge on any atom is 0.300 e. The van der Waals surface area contributed by atoms with Gasteiger partial charge in [-0.15, -0.1) is 0 Å². The van der Waals surface area contributed by atoms with Gasteiger partial charge in [0.1, 0.15) is 0 Å². The van der Waals surface area contributed by atoms with E-state index in [2.05, 4.69) is 43.0 Å². The summed E-state index contributed by atoms with van der Waals surface area (Å²) in [4.78, 5) is 28.6. The minimum atomic E-state index is -0.410. The minimum Gasteiger partial charge on any atom is -0.291 e. The van der Waals surface area contributed by atoms with Gasteiger partial charge in [-0.1, -0.05) is 50.2 Å². The smallest absolute Gasteiger partial charge is 0.291 e. The molecule has 0 bridgehead atoms. The lowest BCUT2D eigenvalue weighted by Gasteiger charge is -2.28. The summed E-state index contributed by atoms with van der Waals surface area (Å²) in [6, 6.07) is 16.5. The number of fused-ring (bicyclic) bond motifs is 1. The van der Waals surface area contributed by atoms with Crippen molar-refractivity contribution in [1.82, 2.24) is 4.90 Å². The molecule has 2 aromatic carbocycles. The van der Waals surface area contributed by atoms with E-state index in [-0.39, 0.29) is 0 Å². The number of nitrogens with zero attached hydrogens (tertiary/aromatic N) is 2. The van der Waals surface area contributed by atoms with Crippen LogP contribution in [-0.2, 0) is 11.3 Å². The monoisotopic (exact) mass is 348 g/mol. The number of anilines is 1. The van der Waals surface area contributed by atoms with Crippen molar-refractivity contribution in [3.63, 3.8) is 0 Å². The molecule has 0 spiro atoms. The summed E-state index contributed by atoms with van der Waals surface area (Å²) in [6.07, 6.45) is 2.31. The van der Waals surface area contributed by atoms with Crippen LogP contribution >= 0.6 is 0 Å². The molecule has 1 amide bonds. The zero-order chi connectivity index (χ0) is 18.3. The minimum absolute atomic E-state index is 0.391. The van der Waals surface area contributed by atoms with Crippen molar-refractivity contribution in [3.05, 3.63) is 65.2 Å². The van der Waals surface area contributed by atoms with Gasteiger partial charge in [0.15, 0.2) is 0 Å². The summed E-state index contributed by atoms with van der Waals surface area (Å²) in [5.41, 5.74) is 3.84. The van der Waals surface area contributed by atoms with Crippen molar-refractivity contribution in [2.75, 3.05) is 11.6 Å². The van der Waals surface area contributed by atoms with Crippen LogP contribution in [0.2, 0.25) is 0 Å². The zero-order valence-electron chi connectivity index (χ0n) is 15.3. The molecule has 1 aliphatic heterocycles. The third-order valence-electron chi connectivity index (χ3n) is 5.30. The Labute approximate surface area is 154 Å². The van der Waals surface area contributed by atoms with Gasteiger partial charge in [0, 0.05) is 12.6 Å². The fourth-order valence-electron chi connectivity index (χ4n) is 3.55. The van der Waals surface area contributed by atoms with Gasteiger partial charge in [-0.25, -0.2) is 0 Å². The van der Waals surface area contributed by atoms with Crippen LogP contribution in [0.4, 0.5) is 5.69 Å². The average Bonchev–Trinajstić information content (AvgIpc) is 3.46. The zero-order valence-corrected chi connectivity index (χ0v) is 15.3. The first kappa shape index (κ1) is 17.0. The molecular formula is C22H24N2O2. The number of rotatable bonds is 6. The Morgan fingerprint density at radius 3 is 2.38 bits per heavy atom. The lowest BCUT2D eigenvalue weighted by molar-refractivity contribution is -0.114. The van der Waals surface area contributed by atoms with Crippen LogP contribution in [0.3, 0.4) is 0 Å². The van der Waals surface area contributed by atoms with Crippen LogP contribution in [0.25, 0.3) is 0 Å². The molecule has 0 aromatic heterocycles. The van der Waals surface area contributed by atoms with Crippen molar-refractivity contribution >= 4 is 17.4 Å². The van der Waals surface area contributed by atoms with Crippen LogP contribution in [0.1, 0.15) is 54.1 Å². The summed E-state index contributed by atoms with van der Waals surface area (Å²) in [5.74, 6) is -0.280. The lowest BCUT2D eigenvalue weighted by Crippen LogP contribution is -2.41. The molecule has 0 unspecified atom stereocenters. The first-order chi connectivity index (χ1) is 12.5. The number of carbonyl (C=O) groups is 2. The highest BCUT2D eigenvalue weighted by Crippen LogP contribution is 2.33. The second kappa shape index (κ2) is 6.69. The molecule has 4 nitrogen and oxygen atoms in total. The molecular weight excluding hydrogens is 324 g/mol. The van der Waals surface area contributed by atoms with Crippen LogP contribution in [0.15, 0.2) is 48.5 Å². The van der Waals surface area contributed by atoms with Gasteiger partial charge < -0.3 is 0 Å². The number of para-hydroxylation sites is 1. The number of Topliss-reactive ketones (excluding diaryl/α,β-unsaturated/α-hetero) is 1. The van der Waals surface area contributed by atoms with E-state index in [1.54, 1.807) is 11.0 Å². The van der Waals surface area contributed by atoms with Gasteiger partial charge >= 0.3 is 5.91 Å². The summed E-state index contributed by atoms with van der Waals surface area (Å²) in [7, 11) is 0. The molecule has 0 saturated heterocycles. The SMILES string of the molecule is CC(C)c1ccc(CN(CN2C(=O)C(=O)c3ccccc32)C2CC2)cc1. The van der Waals surface area contributed by atoms with E-state index < -0.39 is 11.7 Å². The average molecular weight is 348 g/mol. The summed E-state index contributed by atoms with van der Waals surface area (Å²) in [5, 5.41) is 0. The first-order valence-corrected chi connectivity index (χ1v) is 9.32. The highest BCUT2D eigenvalue weighted by molar-refractivity contribution is 6.52. The van der Waals surface area contributed by atoms with E-state index in [4.69, 9.17) is 0 Å². The van der Waals surface area contributed by atoms with Crippen LogP contribution in [0.5, 0.6) is 0 Å². The molecule has 1 heterocycles. The summed E-state index contributed by atoms with van der Waals surface area (Å²) in [6.45, 7) is 5.65. The number of ketones is 1. The Kier molecular flexibility index (Phi) is 4.37. The topological polar surface area (TPSA) is 40.6 Å². The normalized spacial score (nSPS) is 16.7. The highest BCUT2D eigenvalue weighted by atomic mass is 16.2. The number of carbonyl (C=O) groups excluding carboxylic acids is 2. The molecule has 1 aliphatic carbocycles. The molecule has 134 valence electrons. The van der Waals surface area contributed by atoms with E-state index in [0.29, 0.717) is 24.2 Å². The molecule has 0 atom stereocenters.